The summed E-state index contributed by atoms with van der Waals surface area (Å²) in [5, 5.41) is 0. The molecule has 0 aromatic heterocycles. The summed E-state index contributed by atoms with van der Waals surface area (Å²) in [4.78, 5) is 11.3. The number of alkyl halides is 3. The largest absolute Gasteiger partial charge is 0.493 e. The van der Waals surface area contributed by atoms with Crippen LogP contribution in [0, 0.1) is 0 Å². The van der Waals surface area contributed by atoms with E-state index in [2.05, 4.69) is 0 Å². The van der Waals surface area contributed by atoms with E-state index in [0.717, 1.165) is 19.1 Å². The van der Waals surface area contributed by atoms with Crippen molar-refractivity contribution >= 4 is 5.78 Å². The molecule has 0 unspecified atom stereocenters. The maximum atomic E-state index is 12.7. The van der Waals surface area contributed by atoms with Gasteiger partial charge in [0.1, 0.15) is 0 Å². The molecule has 0 N–H and O–H groups in total. The Kier molecular flexibility index (Phi) is 3.65. The Bertz CT molecular complexity index is 438. The first kappa shape index (κ1) is 13.3. The minimum atomic E-state index is -4.61. The number of hydrogen-bond acceptors (Lipinski definition) is 3. The lowest BCUT2D eigenvalue weighted by Crippen LogP contribution is -2.13. The van der Waals surface area contributed by atoms with Crippen LogP contribution in [-0.2, 0) is 6.18 Å². The third-order valence-electron chi connectivity index (χ3n) is 2.20. The second-order valence-corrected chi connectivity index (χ2v) is 3.28. The highest BCUT2D eigenvalue weighted by Gasteiger charge is 2.37. The summed E-state index contributed by atoms with van der Waals surface area (Å²) in [5.74, 6) is -0.839. The highest BCUT2D eigenvalue weighted by molar-refractivity contribution is 5.99. The van der Waals surface area contributed by atoms with Crippen LogP contribution >= 0.6 is 0 Å². The van der Waals surface area contributed by atoms with Crippen molar-refractivity contribution in [1.82, 2.24) is 0 Å². The van der Waals surface area contributed by atoms with Crippen molar-refractivity contribution in [3.63, 3.8) is 0 Å². The molecule has 0 aliphatic carbocycles. The Morgan fingerprint density at radius 2 is 1.76 bits per heavy atom. The van der Waals surface area contributed by atoms with E-state index in [0.29, 0.717) is 0 Å². The number of carbonyl (C=O) groups excluding carboxylic acids is 1. The molecule has 0 saturated carbocycles. The van der Waals surface area contributed by atoms with Crippen molar-refractivity contribution in [3.05, 3.63) is 23.3 Å². The van der Waals surface area contributed by atoms with Gasteiger partial charge < -0.3 is 9.47 Å². The van der Waals surface area contributed by atoms with E-state index in [1.54, 1.807) is 0 Å². The average Bonchev–Trinajstić information content (AvgIpc) is 2.25. The molecule has 17 heavy (non-hydrogen) atoms. The van der Waals surface area contributed by atoms with Crippen LogP contribution in [0.3, 0.4) is 0 Å². The van der Waals surface area contributed by atoms with Crippen LogP contribution in [0.5, 0.6) is 11.5 Å². The van der Waals surface area contributed by atoms with Gasteiger partial charge in [0.15, 0.2) is 17.3 Å². The zero-order valence-electron chi connectivity index (χ0n) is 9.51. The van der Waals surface area contributed by atoms with Gasteiger partial charge in [0.2, 0.25) is 0 Å². The number of methoxy groups -OCH3 is 2. The minimum Gasteiger partial charge on any atom is -0.493 e. The maximum Gasteiger partial charge on any atom is 0.417 e. The number of halogens is 3. The lowest BCUT2D eigenvalue weighted by Gasteiger charge is -2.16. The fourth-order valence-corrected chi connectivity index (χ4v) is 1.51. The Labute approximate surface area is 96.1 Å². The molecule has 3 nitrogen and oxygen atoms in total. The van der Waals surface area contributed by atoms with Gasteiger partial charge in [-0.25, -0.2) is 0 Å². The third-order valence-corrected chi connectivity index (χ3v) is 2.20. The summed E-state index contributed by atoms with van der Waals surface area (Å²) in [5.41, 5.74) is -1.54. The van der Waals surface area contributed by atoms with E-state index >= 15 is 0 Å². The average molecular weight is 248 g/mol. The fourth-order valence-electron chi connectivity index (χ4n) is 1.51. The van der Waals surface area contributed by atoms with Crippen LogP contribution in [-0.4, -0.2) is 20.0 Å². The number of ether oxygens (including phenoxy) is 2. The quantitative estimate of drug-likeness (QED) is 0.771. The van der Waals surface area contributed by atoms with Crippen molar-refractivity contribution in [2.75, 3.05) is 14.2 Å². The number of carbonyl (C=O) groups is 1. The van der Waals surface area contributed by atoms with Crippen molar-refractivity contribution in [2.24, 2.45) is 0 Å². The van der Waals surface area contributed by atoms with Gasteiger partial charge in [0, 0.05) is 0 Å². The van der Waals surface area contributed by atoms with E-state index in [4.69, 9.17) is 9.47 Å². The molecular formula is C11H11F3O3. The Morgan fingerprint density at radius 3 is 2.12 bits per heavy atom. The molecule has 0 bridgehead atoms. The summed E-state index contributed by atoms with van der Waals surface area (Å²) in [6.45, 7) is 1.05. The lowest BCUT2D eigenvalue weighted by molar-refractivity contribution is -0.138. The number of benzene rings is 1. The second kappa shape index (κ2) is 4.65. The molecule has 0 aliphatic rings. The zero-order valence-corrected chi connectivity index (χ0v) is 9.51. The Balaban J connectivity index is 3.59. The van der Waals surface area contributed by atoms with Gasteiger partial charge in [-0.1, -0.05) is 0 Å². The standard InChI is InChI=1S/C11H11F3O3/c1-6(15)9-7(11(12,13)14)4-5-8(16-2)10(9)17-3/h4-5H,1-3H3. The second-order valence-electron chi connectivity index (χ2n) is 3.28. The third kappa shape index (κ3) is 2.51. The molecule has 1 aromatic carbocycles. The molecule has 0 amide bonds. The van der Waals surface area contributed by atoms with Gasteiger partial charge in [-0.3, -0.25) is 4.79 Å². The topological polar surface area (TPSA) is 35.5 Å². The van der Waals surface area contributed by atoms with E-state index in [-0.39, 0.29) is 11.5 Å². The van der Waals surface area contributed by atoms with E-state index in [1.165, 1.54) is 14.2 Å². The molecule has 0 aliphatic heterocycles. The molecule has 1 aromatic rings. The molecule has 0 heterocycles. The number of rotatable bonds is 3. The van der Waals surface area contributed by atoms with Crippen molar-refractivity contribution in [3.8, 4) is 11.5 Å². The van der Waals surface area contributed by atoms with Gasteiger partial charge in [-0.15, -0.1) is 0 Å². The summed E-state index contributed by atoms with van der Waals surface area (Å²) in [6.07, 6.45) is -4.61. The number of hydrogen-bond donors (Lipinski definition) is 0. The molecule has 0 spiro atoms. The SMILES string of the molecule is COc1ccc(C(F)(F)F)c(C(C)=O)c1OC. The highest BCUT2D eigenvalue weighted by Crippen LogP contribution is 2.40. The molecule has 0 radical (unpaired) electrons. The van der Waals surface area contributed by atoms with Crippen LogP contribution in [0.4, 0.5) is 13.2 Å². The fraction of sp³-hybridized carbons (Fsp3) is 0.364. The van der Waals surface area contributed by atoms with Crippen LogP contribution in [0.25, 0.3) is 0 Å². The van der Waals surface area contributed by atoms with Crippen molar-refractivity contribution in [2.45, 2.75) is 13.1 Å². The summed E-state index contributed by atoms with van der Waals surface area (Å²) < 4.78 is 47.8. The van der Waals surface area contributed by atoms with Crippen molar-refractivity contribution in [1.29, 1.82) is 0 Å². The highest BCUT2D eigenvalue weighted by atomic mass is 19.4. The van der Waals surface area contributed by atoms with Crippen LogP contribution < -0.4 is 9.47 Å². The van der Waals surface area contributed by atoms with Crippen LogP contribution in [0.15, 0.2) is 12.1 Å². The molecule has 0 fully saturated rings. The summed E-state index contributed by atoms with van der Waals surface area (Å²) >= 11 is 0. The predicted molar refractivity (Wildman–Crippen MR) is 54.6 cm³/mol. The molecule has 1 rings (SSSR count). The van der Waals surface area contributed by atoms with E-state index < -0.39 is 23.1 Å². The van der Waals surface area contributed by atoms with Gasteiger partial charge in [-0.05, 0) is 19.1 Å². The first-order valence-corrected chi connectivity index (χ1v) is 4.66. The zero-order chi connectivity index (χ0) is 13.2. The smallest absolute Gasteiger partial charge is 0.417 e. The number of ketones is 1. The van der Waals surface area contributed by atoms with E-state index in [9.17, 15) is 18.0 Å². The number of Topliss-reactive ketones (excluding diaryl/α,β-unsaturated/α-hetero) is 1. The first-order valence-electron chi connectivity index (χ1n) is 4.66. The minimum absolute atomic E-state index is 0.0886. The monoisotopic (exact) mass is 248 g/mol. The predicted octanol–water partition coefficient (Wildman–Crippen LogP) is 2.93. The van der Waals surface area contributed by atoms with E-state index in [1.807, 2.05) is 0 Å². The van der Waals surface area contributed by atoms with Gasteiger partial charge >= 0.3 is 6.18 Å². The molecular weight excluding hydrogens is 237 g/mol. The molecule has 94 valence electrons. The van der Waals surface area contributed by atoms with Crippen molar-refractivity contribution < 1.29 is 27.4 Å². The Morgan fingerprint density at radius 1 is 1.18 bits per heavy atom. The van der Waals surface area contributed by atoms with Crippen LogP contribution in [0.1, 0.15) is 22.8 Å². The summed E-state index contributed by atoms with van der Waals surface area (Å²) in [7, 11) is 2.47. The first-order chi connectivity index (χ1) is 7.82. The molecule has 0 saturated heterocycles. The van der Waals surface area contributed by atoms with Gasteiger partial charge in [0.25, 0.3) is 0 Å². The summed E-state index contributed by atoms with van der Waals surface area (Å²) in [6, 6.07) is 1.92. The van der Waals surface area contributed by atoms with Crippen LogP contribution in [0.2, 0.25) is 0 Å². The van der Waals surface area contributed by atoms with Gasteiger partial charge in [-0.2, -0.15) is 13.2 Å². The lowest BCUT2D eigenvalue weighted by atomic mass is 10.0. The normalized spacial score (nSPS) is 11.2. The molecule has 0 atom stereocenters. The van der Waals surface area contributed by atoms with Gasteiger partial charge in [0.05, 0.1) is 25.3 Å². The maximum absolute atomic E-state index is 12.7. The Hall–Kier alpha value is -1.72. The molecule has 6 heteroatoms.